The SMILES string of the molecule is OC(Cc1ccccc1Cl)c1c(F)cccc1F. The molecule has 0 aromatic heterocycles. The van der Waals surface area contributed by atoms with Crippen molar-refractivity contribution in [2.24, 2.45) is 0 Å². The van der Waals surface area contributed by atoms with Crippen LogP contribution in [0, 0.1) is 11.6 Å². The maximum atomic E-state index is 13.5. The third kappa shape index (κ3) is 2.68. The summed E-state index contributed by atoms with van der Waals surface area (Å²) in [5.74, 6) is -1.51. The molecule has 0 bridgehead atoms. The Morgan fingerprint density at radius 1 is 1.00 bits per heavy atom. The fourth-order valence-corrected chi connectivity index (χ4v) is 2.02. The second kappa shape index (κ2) is 5.46. The highest BCUT2D eigenvalue weighted by atomic mass is 35.5. The van der Waals surface area contributed by atoms with Crippen molar-refractivity contribution in [3.05, 3.63) is 70.2 Å². The molecule has 1 unspecified atom stereocenters. The molecule has 0 saturated heterocycles. The lowest BCUT2D eigenvalue weighted by atomic mass is 10.0. The molecule has 1 atom stereocenters. The molecule has 0 aliphatic carbocycles. The van der Waals surface area contributed by atoms with E-state index in [0.29, 0.717) is 10.6 Å². The number of aliphatic hydroxyl groups excluding tert-OH is 1. The Hall–Kier alpha value is -1.45. The average molecular weight is 269 g/mol. The van der Waals surface area contributed by atoms with Crippen LogP contribution in [0.25, 0.3) is 0 Å². The molecule has 2 aromatic carbocycles. The van der Waals surface area contributed by atoms with Gasteiger partial charge in [-0.2, -0.15) is 0 Å². The van der Waals surface area contributed by atoms with Gasteiger partial charge < -0.3 is 5.11 Å². The first kappa shape index (κ1) is 13.0. The second-order valence-electron chi connectivity index (χ2n) is 3.95. The van der Waals surface area contributed by atoms with Crippen molar-refractivity contribution in [2.75, 3.05) is 0 Å². The van der Waals surface area contributed by atoms with Crippen LogP contribution in [0.4, 0.5) is 8.78 Å². The number of rotatable bonds is 3. The van der Waals surface area contributed by atoms with Crippen molar-refractivity contribution in [2.45, 2.75) is 12.5 Å². The van der Waals surface area contributed by atoms with E-state index in [9.17, 15) is 13.9 Å². The predicted octanol–water partition coefficient (Wildman–Crippen LogP) is 3.89. The minimum atomic E-state index is -1.26. The summed E-state index contributed by atoms with van der Waals surface area (Å²) in [7, 11) is 0. The molecule has 1 N–H and O–H groups in total. The van der Waals surface area contributed by atoms with Crippen LogP contribution < -0.4 is 0 Å². The van der Waals surface area contributed by atoms with Gasteiger partial charge in [0.25, 0.3) is 0 Å². The Kier molecular flexibility index (Phi) is 3.94. The molecule has 0 heterocycles. The van der Waals surface area contributed by atoms with Crippen molar-refractivity contribution in [1.29, 1.82) is 0 Å². The minimum absolute atomic E-state index is 0.0670. The van der Waals surface area contributed by atoms with Crippen LogP contribution in [0.15, 0.2) is 42.5 Å². The number of hydrogen-bond acceptors (Lipinski definition) is 1. The molecule has 94 valence electrons. The summed E-state index contributed by atoms with van der Waals surface area (Å²) in [5, 5.41) is 10.4. The first-order valence-electron chi connectivity index (χ1n) is 5.45. The third-order valence-electron chi connectivity index (χ3n) is 2.70. The molecule has 0 fully saturated rings. The molecular weight excluding hydrogens is 258 g/mol. The first-order valence-corrected chi connectivity index (χ1v) is 5.82. The molecule has 18 heavy (non-hydrogen) atoms. The van der Waals surface area contributed by atoms with Crippen LogP contribution in [0.2, 0.25) is 5.02 Å². The summed E-state index contributed by atoms with van der Waals surface area (Å²) in [6.45, 7) is 0. The van der Waals surface area contributed by atoms with Crippen LogP contribution in [-0.4, -0.2) is 5.11 Å². The Morgan fingerprint density at radius 2 is 1.61 bits per heavy atom. The summed E-state index contributed by atoms with van der Waals surface area (Å²) < 4.78 is 26.9. The van der Waals surface area contributed by atoms with E-state index in [1.165, 1.54) is 6.07 Å². The molecular formula is C14H11ClF2O. The van der Waals surface area contributed by atoms with E-state index in [-0.39, 0.29) is 12.0 Å². The van der Waals surface area contributed by atoms with E-state index in [2.05, 4.69) is 0 Å². The first-order chi connectivity index (χ1) is 8.59. The van der Waals surface area contributed by atoms with Gasteiger partial charge in [0.2, 0.25) is 0 Å². The van der Waals surface area contributed by atoms with E-state index in [0.717, 1.165) is 12.1 Å². The van der Waals surface area contributed by atoms with Crippen molar-refractivity contribution < 1.29 is 13.9 Å². The molecule has 0 radical (unpaired) electrons. The predicted molar refractivity (Wildman–Crippen MR) is 66.5 cm³/mol. The topological polar surface area (TPSA) is 20.2 Å². The van der Waals surface area contributed by atoms with Gasteiger partial charge in [-0.1, -0.05) is 35.9 Å². The molecule has 2 aromatic rings. The van der Waals surface area contributed by atoms with E-state index in [1.807, 2.05) is 0 Å². The monoisotopic (exact) mass is 268 g/mol. The highest BCUT2D eigenvalue weighted by molar-refractivity contribution is 6.31. The van der Waals surface area contributed by atoms with Gasteiger partial charge in [0.05, 0.1) is 11.7 Å². The minimum Gasteiger partial charge on any atom is -0.388 e. The Balaban J connectivity index is 2.28. The standard InChI is InChI=1S/C14H11ClF2O/c15-10-5-2-1-4-9(10)8-13(18)14-11(16)6-3-7-12(14)17/h1-7,13,18H,8H2. The van der Waals surface area contributed by atoms with Gasteiger partial charge in [0, 0.05) is 11.4 Å². The Bertz CT molecular complexity index is 537. The molecule has 1 nitrogen and oxygen atoms in total. The largest absolute Gasteiger partial charge is 0.388 e. The highest BCUT2D eigenvalue weighted by Crippen LogP contribution is 2.26. The lowest BCUT2D eigenvalue weighted by Crippen LogP contribution is -2.07. The number of hydrogen-bond donors (Lipinski definition) is 1. The zero-order valence-corrected chi connectivity index (χ0v) is 10.2. The second-order valence-corrected chi connectivity index (χ2v) is 4.35. The maximum absolute atomic E-state index is 13.5. The summed E-state index contributed by atoms with van der Waals surface area (Å²) in [6.07, 6.45) is -1.19. The maximum Gasteiger partial charge on any atom is 0.131 e. The quantitative estimate of drug-likeness (QED) is 0.895. The Morgan fingerprint density at radius 3 is 2.22 bits per heavy atom. The lowest BCUT2D eigenvalue weighted by Gasteiger charge is -2.13. The van der Waals surface area contributed by atoms with Crippen LogP contribution >= 0.6 is 11.6 Å². The van der Waals surface area contributed by atoms with Crippen molar-refractivity contribution >= 4 is 11.6 Å². The highest BCUT2D eigenvalue weighted by Gasteiger charge is 2.18. The van der Waals surface area contributed by atoms with Crippen LogP contribution in [-0.2, 0) is 6.42 Å². The number of aliphatic hydroxyl groups is 1. The normalized spacial score (nSPS) is 12.4. The van der Waals surface area contributed by atoms with Gasteiger partial charge in [0.1, 0.15) is 11.6 Å². The number of halogens is 3. The third-order valence-corrected chi connectivity index (χ3v) is 3.07. The van der Waals surface area contributed by atoms with Gasteiger partial charge in [-0.3, -0.25) is 0 Å². The fraction of sp³-hybridized carbons (Fsp3) is 0.143. The summed E-state index contributed by atoms with van der Waals surface area (Å²) in [6, 6.07) is 10.4. The van der Waals surface area contributed by atoms with Gasteiger partial charge in [-0.05, 0) is 23.8 Å². The van der Waals surface area contributed by atoms with E-state index >= 15 is 0 Å². The average Bonchev–Trinajstić information content (AvgIpc) is 2.32. The van der Waals surface area contributed by atoms with E-state index in [4.69, 9.17) is 11.6 Å². The molecule has 0 aliphatic rings. The molecule has 0 aliphatic heterocycles. The zero-order valence-electron chi connectivity index (χ0n) is 9.41. The Labute approximate surface area is 109 Å². The van der Waals surface area contributed by atoms with Gasteiger partial charge in [-0.15, -0.1) is 0 Å². The number of benzene rings is 2. The summed E-state index contributed by atoms with van der Waals surface area (Å²) in [4.78, 5) is 0. The van der Waals surface area contributed by atoms with Crippen molar-refractivity contribution in [1.82, 2.24) is 0 Å². The smallest absolute Gasteiger partial charge is 0.131 e. The van der Waals surface area contributed by atoms with Gasteiger partial charge in [0.15, 0.2) is 0 Å². The summed E-state index contributed by atoms with van der Waals surface area (Å²) >= 11 is 5.94. The lowest BCUT2D eigenvalue weighted by molar-refractivity contribution is 0.168. The molecule has 2 rings (SSSR count). The molecule has 0 saturated carbocycles. The zero-order chi connectivity index (χ0) is 13.1. The molecule has 0 spiro atoms. The molecule has 4 heteroatoms. The van der Waals surface area contributed by atoms with Crippen LogP contribution in [0.5, 0.6) is 0 Å². The van der Waals surface area contributed by atoms with E-state index in [1.54, 1.807) is 24.3 Å². The van der Waals surface area contributed by atoms with Crippen LogP contribution in [0.3, 0.4) is 0 Å². The van der Waals surface area contributed by atoms with Crippen molar-refractivity contribution in [3.63, 3.8) is 0 Å². The van der Waals surface area contributed by atoms with Crippen LogP contribution in [0.1, 0.15) is 17.2 Å². The van der Waals surface area contributed by atoms with E-state index < -0.39 is 17.7 Å². The fourth-order valence-electron chi connectivity index (χ4n) is 1.80. The molecule has 0 amide bonds. The van der Waals surface area contributed by atoms with Crippen molar-refractivity contribution in [3.8, 4) is 0 Å². The van der Waals surface area contributed by atoms with Gasteiger partial charge in [-0.25, -0.2) is 8.78 Å². The summed E-state index contributed by atoms with van der Waals surface area (Å²) in [5.41, 5.74) is 0.326. The van der Waals surface area contributed by atoms with Gasteiger partial charge >= 0.3 is 0 Å².